The molecule has 0 fully saturated rings. The first kappa shape index (κ1) is 20.0. The zero-order valence-electron chi connectivity index (χ0n) is 16.0. The van der Waals surface area contributed by atoms with E-state index in [1.807, 2.05) is 30.3 Å². The average molecular weight is 379 g/mol. The summed E-state index contributed by atoms with van der Waals surface area (Å²) in [5, 5.41) is 3.09. The molecule has 2 aromatic carbocycles. The van der Waals surface area contributed by atoms with E-state index in [4.69, 9.17) is 0 Å². The molecule has 0 bridgehead atoms. The molecule has 1 aliphatic carbocycles. The number of amides is 1. The van der Waals surface area contributed by atoms with Crippen molar-refractivity contribution in [2.45, 2.75) is 51.0 Å². The average Bonchev–Trinajstić information content (AvgIpc) is 2.73. The number of unbranched alkanes of at least 4 members (excludes halogenated alkanes) is 1. The third kappa shape index (κ3) is 5.88. The maximum atomic E-state index is 13.0. The van der Waals surface area contributed by atoms with Crippen molar-refractivity contribution in [2.75, 3.05) is 0 Å². The first-order chi connectivity index (χ1) is 13.6. The fraction of sp³-hybridized carbons (Fsp3) is 0.333. The summed E-state index contributed by atoms with van der Waals surface area (Å²) in [7, 11) is 0. The molecule has 0 aromatic heterocycles. The van der Waals surface area contributed by atoms with Gasteiger partial charge in [-0.15, -0.1) is 0 Å². The van der Waals surface area contributed by atoms with Gasteiger partial charge < -0.3 is 5.32 Å². The number of benzene rings is 2. The molecule has 0 saturated heterocycles. The van der Waals surface area contributed by atoms with Crippen LogP contribution in [0.25, 0.3) is 5.57 Å². The summed E-state index contributed by atoms with van der Waals surface area (Å²) in [5.74, 6) is -0.0432. The third-order valence-corrected chi connectivity index (χ3v) is 5.14. The van der Waals surface area contributed by atoms with Crippen LogP contribution in [0.15, 0.2) is 60.7 Å². The lowest BCUT2D eigenvalue weighted by atomic mass is 9.90. The summed E-state index contributed by atoms with van der Waals surface area (Å²) in [4.78, 5) is 24.2. The summed E-state index contributed by atoms with van der Waals surface area (Å²) in [6.07, 6.45) is 7.07. The lowest BCUT2D eigenvalue weighted by molar-refractivity contribution is -0.121. The van der Waals surface area contributed by atoms with Crippen molar-refractivity contribution in [3.8, 4) is 0 Å². The van der Waals surface area contributed by atoms with Crippen LogP contribution in [0, 0.1) is 5.82 Å². The van der Waals surface area contributed by atoms with E-state index in [9.17, 15) is 14.0 Å². The lowest BCUT2D eigenvalue weighted by Crippen LogP contribution is -2.35. The molecule has 0 unspecified atom stereocenters. The lowest BCUT2D eigenvalue weighted by Gasteiger charge is -2.23. The highest BCUT2D eigenvalue weighted by atomic mass is 19.1. The van der Waals surface area contributed by atoms with E-state index in [0.29, 0.717) is 19.3 Å². The number of ketones is 1. The molecule has 0 heterocycles. The van der Waals surface area contributed by atoms with E-state index in [1.165, 1.54) is 17.7 Å². The summed E-state index contributed by atoms with van der Waals surface area (Å²) in [6.45, 7) is 0. The van der Waals surface area contributed by atoms with E-state index >= 15 is 0 Å². The van der Waals surface area contributed by atoms with Crippen LogP contribution in [0.5, 0.6) is 0 Å². The maximum absolute atomic E-state index is 13.0. The summed E-state index contributed by atoms with van der Waals surface area (Å²) < 4.78 is 13.0. The summed E-state index contributed by atoms with van der Waals surface area (Å²) in [5.41, 5.74) is 3.00. The van der Waals surface area contributed by atoms with E-state index in [2.05, 4.69) is 11.4 Å². The molecule has 3 rings (SSSR count). The third-order valence-electron chi connectivity index (χ3n) is 5.14. The molecule has 0 spiro atoms. The highest BCUT2D eigenvalue weighted by molar-refractivity contribution is 5.95. The topological polar surface area (TPSA) is 46.2 Å². The standard InChI is InChI=1S/C24H26FNO2/c25-21-14-10-18(11-15-21)19-12-16-22(17-13-19)26-24(28)9-5-4-8-23(27)20-6-2-1-3-7-20/h1-3,6-7,10-12,14-15,22H,4-5,8-9,13,16-17H2,(H,26,28)/t22-/m1/s1. The van der Waals surface area contributed by atoms with Gasteiger partial charge in [0.05, 0.1) is 0 Å². The quantitative estimate of drug-likeness (QED) is 0.498. The number of halogens is 1. The van der Waals surface area contributed by atoms with E-state index in [0.717, 1.165) is 36.8 Å². The molecule has 1 atom stereocenters. The Balaban J connectivity index is 1.35. The Bertz CT molecular complexity index is 827. The van der Waals surface area contributed by atoms with Gasteiger partial charge in [0.1, 0.15) is 5.82 Å². The van der Waals surface area contributed by atoms with Crippen molar-refractivity contribution in [3.63, 3.8) is 0 Å². The molecule has 28 heavy (non-hydrogen) atoms. The largest absolute Gasteiger partial charge is 0.353 e. The van der Waals surface area contributed by atoms with Crippen LogP contribution >= 0.6 is 0 Å². The van der Waals surface area contributed by atoms with Crippen molar-refractivity contribution >= 4 is 17.3 Å². The second-order valence-electron chi connectivity index (χ2n) is 7.27. The van der Waals surface area contributed by atoms with Gasteiger partial charge in [0.15, 0.2) is 5.78 Å². The monoisotopic (exact) mass is 379 g/mol. The second kappa shape index (κ2) is 9.98. The number of Topliss-reactive ketones (excluding diaryl/α,β-unsaturated/α-hetero) is 1. The number of carbonyl (C=O) groups is 2. The SMILES string of the molecule is O=C(CCCCC(=O)c1ccccc1)N[C@@H]1CC=C(c2ccc(F)cc2)CC1. The first-order valence-electron chi connectivity index (χ1n) is 9.94. The number of rotatable bonds is 8. The number of nitrogens with one attached hydrogen (secondary N) is 1. The van der Waals surface area contributed by atoms with Gasteiger partial charge in [0.25, 0.3) is 0 Å². The van der Waals surface area contributed by atoms with Crippen molar-refractivity contribution in [3.05, 3.63) is 77.6 Å². The highest BCUT2D eigenvalue weighted by Gasteiger charge is 2.17. The second-order valence-corrected chi connectivity index (χ2v) is 7.27. The minimum atomic E-state index is -0.226. The predicted octanol–water partition coefficient (Wildman–Crippen LogP) is 5.32. The molecule has 0 aliphatic heterocycles. The Kier molecular flexibility index (Phi) is 7.12. The normalized spacial score (nSPS) is 16.3. The van der Waals surface area contributed by atoms with Gasteiger partial charge in [-0.1, -0.05) is 48.5 Å². The van der Waals surface area contributed by atoms with Gasteiger partial charge in [-0.3, -0.25) is 9.59 Å². The van der Waals surface area contributed by atoms with Crippen molar-refractivity contribution in [1.29, 1.82) is 0 Å². The Morgan fingerprint density at radius 3 is 2.36 bits per heavy atom. The molecule has 146 valence electrons. The first-order valence-corrected chi connectivity index (χ1v) is 9.94. The zero-order chi connectivity index (χ0) is 19.8. The van der Waals surface area contributed by atoms with Crippen LogP contribution in [0.2, 0.25) is 0 Å². The van der Waals surface area contributed by atoms with E-state index in [-0.39, 0.29) is 23.5 Å². The minimum absolute atomic E-state index is 0.0517. The van der Waals surface area contributed by atoms with Gasteiger partial charge in [-0.2, -0.15) is 0 Å². The fourth-order valence-corrected chi connectivity index (χ4v) is 3.53. The maximum Gasteiger partial charge on any atom is 0.220 e. The van der Waals surface area contributed by atoms with Crippen molar-refractivity contribution in [2.24, 2.45) is 0 Å². The van der Waals surface area contributed by atoms with Crippen LogP contribution in [0.3, 0.4) is 0 Å². The summed E-state index contributed by atoms with van der Waals surface area (Å²) in [6, 6.07) is 16.0. The Labute approximate surface area is 165 Å². The predicted molar refractivity (Wildman–Crippen MR) is 109 cm³/mol. The Morgan fingerprint density at radius 1 is 0.964 bits per heavy atom. The molecule has 1 N–H and O–H groups in total. The van der Waals surface area contributed by atoms with Crippen molar-refractivity contribution in [1.82, 2.24) is 5.32 Å². The minimum Gasteiger partial charge on any atom is -0.353 e. The number of hydrogen-bond acceptors (Lipinski definition) is 2. The number of hydrogen-bond donors (Lipinski definition) is 1. The molecular formula is C24H26FNO2. The molecule has 0 radical (unpaired) electrons. The molecule has 2 aromatic rings. The van der Waals surface area contributed by atoms with Crippen LogP contribution < -0.4 is 5.32 Å². The van der Waals surface area contributed by atoms with Crippen LogP contribution in [0.4, 0.5) is 4.39 Å². The van der Waals surface area contributed by atoms with Gasteiger partial charge in [-0.25, -0.2) is 4.39 Å². The van der Waals surface area contributed by atoms with Gasteiger partial charge in [-0.05, 0) is 55.4 Å². The van der Waals surface area contributed by atoms with Crippen molar-refractivity contribution < 1.29 is 14.0 Å². The fourth-order valence-electron chi connectivity index (χ4n) is 3.53. The number of allylic oxidation sites excluding steroid dienone is 1. The van der Waals surface area contributed by atoms with E-state index in [1.54, 1.807) is 12.1 Å². The van der Waals surface area contributed by atoms with Gasteiger partial charge in [0, 0.05) is 24.4 Å². The summed E-state index contributed by atoms with van der Waals surface area (Å²) >= 11 is 0. The molecule has 1 amide bonds. The van der Waals surface area contributed by atoms with Crippen LogP contribution in [-0.2, 0) is 4.79 Å². The van der Waals surface area contributed by atoms with Crippen LogP contribution in [-0.4, -0.2) is 17.7 Å². The van der Waals surface area contributed by atoms with Gasteiger partial charge >= 0.3 is 0 Å². The van der Waals surface area contributed by atoms with E-state index < -0.39 is 0 Å². The smallest absolute Gasteiger partial charge is 0.220 e. The highest BCUT2D eigenvalue weighted by Crippen LogP contribution is 2.27. The molecular weight excluding hydrogens is 353 g/mol. The zero-order valence-corrected chi connectivity index (χ0v) is 16.0. The van der Waals surface area contributed by atoms with Gasteiger partial charge in [0.2, 0.25) is 5.91 Å². The molecule has 0 saturated carbocycles. The Morgan fingerprint density at radius 2 is 1.68 bits per heavy atom. The Hall–Kier alpha value is -2.75. The molecule has 3 nitrogen and oxygen atoms in total. The van der Waals surface area contributed by atoms with Crippen LogP contribution in [0.1, 0.15) is 60.9 Å². The molecule has 1 aliphatic rings. The number of carbonyl (C=O) groups excluding carboxylic acids is 2. The molecule has 4 heteroatoms.